The van der Waals surface area contributed by atoms with Crippen molar-refractivity contribution >= 4 is 28.9 Å². The predicted octanol–water partition coefficient (Wildman–Crippen LogP) is 1.42. The SMILES string of the molecule is CCN(CC)CCn1cc(NC(=O)C2=NN(c3ccc(F)cc3)C(C(N)=O)C2)cn1. The Kier molecular flexibility index (Phi) is 6.78. The van der Waals surface area contributed by atoms with E-state index in [1.165, 1.54) is 29.3 Å². The van der Waals surface area contributed by atoms with E-state index >= 15 is 0 Å². The van der Waals surface area contributed by atoms with Crippen LogP contribution in [0.2, 0.25) is 0 Å². The van der Waals surface area contributed by atoms with Crippen LogP contribution in [0.5, 0.6) is 0 Å². The molecular formula is C20H26FN7O2. The second kappa shape index (κ2) is 9.49. The lowest BCUT2D eigenvalue weighted by Crippen LogP contribution is -2.39. The molecule has 2 heterocycles. The first-order valence-corrected chi connectivity index (χ1v) is 9.89. The van der Waals surface area contributed by atoms with Crippen molar-refractivity contribution in [3.8, 4) is 0 Å². The molecular weight excluding hydrogens is 389 g/mol. The Morgan fingerprint density at radius 1 is 1.27 bits per heavy atom. The van der Waals surface area contributed by atoms with Gasteiger partial charge < -0.3 is 16.0 Å². The Labute approximate surface area is 174 Å². The van der Waals surface area contributed by atoms with E-state index in [9.17, 15) is 14.0 Å². The fourth-order valence-corrected chi connectivity index (χ4v) is 3.24. The minimum Gasteiger partial charge on any atom is -0.368 e. The van der Waals surface area contributed by atoms with Crippen LogP contribution in [0.4, 0.5) is 15.8 Å². The predicted molar refractivity (Wildman–Crippen MR) is 113 cm³/mol. The van der Waals surface area contributed by atoms with E-state index in [-0.39, 0.29) is 12.1 Å². The number of carbonyl (C=O) groups excluding carboxylic acids is 2. The van der Waals surface area contributed by atoms with Crippen molar-refractivity contribution in [1.82, 2.24) is 14.7 Å². The Bertz CT molecular complexity index is 921. The molecule has 0 aliphatic carbocycles. The summed E-state index contributed by atoms with van der Waals surface area (Å²) in [7, 11) is 0. The Balaban J connectivity index is 1.67. The number of anilines is 2. The molecule has 3 N–H and O–H groups in total. The van der Waals surface area contributed by atoms with Crippen molar-refractivity contribution in [2.24, 2.45) is 10.8 Å². The zero-order valence-electron chi connectivity index (χ0n) is 17.1. The first-order chi connectivity index (χ1) is 14.4. The number of halogens is 1. The average Bonchev–Trinajstić information content (AvgIpc) is 3.37. The lowest BCUT2D eigenvalue weighted by molar-refractivity contribution is -0.119. The van der Waals surface area contributed by atoms with E-state index in [4.69, 9.17) is 5.73 Å². The van der Waals surface area contributed by atoms with Gasteiger partial charge in [0.05, 0.1) is 24.1 Å². The van der Waals surface area contributed by atoms with Crippen LogP contribution in [-0.2, 0) is 16.1 Å². The molecule has 1 unspecified atom stereocenters. The number of nitrogens with two attached hydrogens (primary N) is 1. The van der Waals surface area contributed by atoms with E-state index in [1.807, 2.05) is 0 Å². The molecule has 0 bridgehead atoms. The van der Waals surface area contributed by atoms with Crippen LogP contribution in [0, 0.1) is 5.82 Å². The number of nitrogens with zero attached hydrogens (tertiary/aromatic N) is 5. The summed E-state index contributed by atoms with van der Waals surface area (Å²) in [5, 5.41) is 12.6. The molecule has 9 nitrogen and oxygen atoms in total. The number of rotatable bonds is 9. The molecule has 1 atom stereocenters. The van der Waals surface area contributed by atoms with E-state index in [0.717, 1.165) is 19.6 Å². The van der Waals surface area contributed by atoms with Crippen LogP contribution in [0.3, 0.4) is 0 Å². The van der Waals surface area contributed by atoms with Crippen molar-refractivity contribution in [1.29, 1.82) is 0 Å². The fourth-order valence-electron chi connectivity index (χ4n) is 3.24. The third-order valence-corrected chi connectivity index (χ3v) is 5.02. The largest absolute Gasteiger partial charge is 0.368 e. The summed E-state index contributed by atoms with van der Waals surface area (Å²) in [6.07, 6.45) is 3.38. The highest BCUT2D eigenvalue weighted by Gasteiger charge is 2.35. The number of hydrazone groups is 1. The molecule has 0 fully saturated rings. The number of amides is 2. The summed E-state index contributed by atoms with van der Waals surface area (Å²) < 4.78 is 15.0. The molecule has 1 aromatic carbocycles. The van der Waals surface area contributed by atoms with Gasteiger partial charge in [-0.1, -0.05) is 13.8 Å². The molecule has 1 aliphatic rings. The maximum atomic E-state index is 13.2. The minimum absolute atomic E-state index is 0.0641. The third kappa shape index (κ3) is 5.01. The summed E-state index contributed by atoms with van der Waals surface area (Å²) >= 11 is 0. The highest BCUT2D eigenvalue weighted by Crippen LogP contribution is 2.25. The molecule has 2 aromatic rings. The summed E-state index contributed by atoms with van der Waals surface area (Å²) in [5.74, 6) is -1.46. The van der Waals surface area contributed by atoms with Gasteiger partial charge in [-0.25, -0.2) is 4.39 Å². The van der Waals surface area contributed by atoms with Crippen LogP contribution in [0.1, 0.15) is 20.3 Å². The van der Waals surface area contributed by atoms with E-state index in [0.29, 0.717) is 17.9 Å². The quantitative estimate of drug-likeness (QED) is 0.644. The van der Waals surface area contributed by atoms with Crippen molar-refractivity contribution in [3.63, 3.8) is 0 Å². The zero-order chi connectivity index (χ0) is 21.7. The molecule has 0 spiro atoms. The smallest absolute Gasteiger partial charge is 0.272 e. The summed E-state index contributed by atoms with van der Waals surface area (Å²) in [6, 6.07) is 4.67. The van der Waals surface area contributed by atoms with E-state index in [1.54, 1.807) is 17.1 Å². The standard InChI is InChI=1S/C20H26FN7O2/c1-3-26(4-2)9-10-27-13-15(12-23-27)24-20(30)17-11-18(19(22)29)28(25-17)16-7-5-14(21)6-8-16/h5-8,12-13,18H,3-4,9-11H2,1-2H3,(H2,22,29)(H,24,30). The highest BCUT2D eigenvalue weighted by molar-refractivity contribution is 6.44. The van der Waals surface area contributed by atoms with Gasteiger partial charge in [-0.3, -0.25) is 19.3 Å². The van der Waals surface area contributed by atoms with Gasteiger partial charge in [0.1, 0.15) is 17.6 Å². The third-order valence-electron chi connectivity index (χ3n) is 5.02. The second-order valence-corrected chi connectivity index (χ2v) is 6.96. The fraction of sp³-hybridized carbons (Fsp3) is 0.400. The molecule has 0 saturated heterocycles. The topological polar surface area (TPSA) is 109 Å². The van der Waals surface area contributed by atoms with Gasteiger partial charge in [0.15, 0.2) is 0 Å². The number of aromatic nitrogens is 2. The normalized spacial score (nSPS) is 16.1. The van der Waals surface area contributed by atoms with Gasteiger partial charge in [0.25, 0.3) is 5.91 Å². The first-order valence-electron chi connectivity index (χ1n) is 9.89. The van der Waals surface area contributed by atoms with Crippen molar-refractivity contribution < 1.29 is 14.0 Å². The van der Waals surface area contributed by atoms with E-state index < -0.39 is 23.7 Å². The van der Waals surface area contributed by atoms with Crippen molar-refractivity contribution in [2.75, 3.05) is 30.0 Å². The zero-order valence-corrected chi connectivity index (χ0v) is 17.1. The lowest BCUT2D eigenvalue weighted by atomic mass is 10.1. The van der Waals surface area contributed by atoms with Crippen molar-refractivity contribution in [3.05, 3.63) is 42.5 Å². The van der Waals surface area contributed by atoms with Gasteiger partial charge in [0.2, 0.25) is 5.91 Å². The molecule has 2 amide bonds. The number of likely N-dealkylation sites (N-methyl/N-ethyl adjacent to an activating group) is 1. The van der Waals surface area contributed by atoms with Crippen LogP contribution in [-0.4, -0.2) is 57.9 Å². The van der Waals surface area contributed by atoms with Gasteiger partial charge in [-0.05, 0) is 37.4 Å². The molecule has 1 aromatic heterocycles. The summed E-state index contributed by atoms with van der Waals surface area (Å²) in [5.41, 5.74) is 6.66. The van der Waals surface area contributed by atoms with Gasteiger partial charge in [-0.2, -0.15) is 10.2 Å². The van der Waals surface area contributed by atoms with E-state index in [2.05, 4.69) is 34.3 Å². The summed E-state index contributed by atoms with van der Waals surface area (Å²) in [6.45, 7) is 7.71. The van der Waals surface area contributed by atoms with Gasteiger partial charge >= 0.3 is 0 Å². The molecule has 160 valence electrons. The van der Waals surface area contributed by atoms with Gasteiger partial charge in [-0.15, -0.1) is 0 Å². The number of carbonyl (C=O) groups is 2. The Hall–Kier alpha value is -3.27. The number of nitrogens with one attached hydrogen (secondary N) is 1. The average molecular weight is 415 g/mol. The summed E-state index contributed by atoms with van der Waals surface area (Å²) in [4.78, 5) is 26.8. The maximum absolute atomic E-state index is 13.2. The van der Waals surface area contributed by atoms with Gasteiger partial charge in [0, 0.05) is 19.2 Å². The number of hydrogen-bond acceptors (Lipinski definition) is 6. The molecule has 10 heteroatoms. The van der Waals surface area contributed by atoms with Crippen LogP contribution in [0.15, 0.2) is 41.8 Å². The number of hydrogen-bond donors (Lipinski definition) is 2. The monoisotopic (exact) mass is 415 g/mol. The van der Waals surface area contributed by atoms with Crippen LogP contribution in [0.25, 0.3) is 0 Å². The molecule has 3 rings (SSSR count). The Morgan fingerprint density at radius 3 is 2.60 bits per heavy atom. The molecule has 0 saturated carbocycles. The number of benzene rings is 1. The Morgan fingerprint density at radius 2 is 1.97 bits per heavy atom. The lowest BCUT2D eigenvalue weighted by Gasteiger charge is -2.20. The molecule has 0 radical (unpaired) electrons. The number of primary amides is 1. The highest BCUT2D eigenvalue weighted by atomic mass is 19.1. The second-order valence-electron chi connectivity index (χ2n) is 6.96. The maximum Gasteiger partial charge on any atom is 0.272 e. The van der Waals surface area contributed by atoms with Crippen LogP contribution >= 0.6 is 0 Å². The first kappa shape index (κ1) is 21.4. The molecule has 1 aliphatic heterocycles. The molecule has 30 heavy (non-hydrogen) atoms. The van der Waals surface area contributed by atoms with Crippen molar-refractivity contribution in [2.45, 2.75) is 32.9 Å². The van der Waals surface area contributed by atoms with Crippen LogP contribution < -0.4 is 16.1 Å². The minimum atomic E-state index is -0.812.